The number of carbonyl (C=O) groups excluding carboxylic acids is 1. The van der Waals surface area contributed by atoms with Crippen LogP contribution in [0, 0.1) is 6.92 Å². The van der Waals surface area contributed by atoms with E-state index in [9.17, 15) is 4.79 Å². The van der Waals surface area contributed by atoms with Crippen molar-refractivity contribution in [3.63, 3.8) is 0 Å². The van der Waals surface area contributed by atoms with Gasteiger partial charge >= 0.3 is 0 Å². The Morgan fingerprint density at radius 3 is 3.10 bits per heavy atom. The molecule has 0 aliphatic carbocycles. The van der Waals surface area contributed by atoms with E-state index in [1.165, 1.54) is 6.42 Å². The molecule has 106 valence electrons. The molecule has 20 heavy (non-hydrogen) atoms. The van der Waals surface area contributed by atoms with Crippen LogP contribution in [0.3, 0.4) is 0 Å². The number of ether oxygens (including phenoxy) is 1. The van der Waals surface area contributed by atoms with E-state index in [0.717, 1.165) is 52.2 Å². The summed E-state index contributed by atoms with van der Waals surface area (Å²) in [6.07, 6.45) is 6.55. The molecule has 1 aliphatic heterocycles. The summed E-state index contributed by atoms with van der Waals surface area (Å²) in [6, 6.07) is 2.10. The maximum Gasteiger partial charge on any atom is 0.150 e. The normalized spacial score (nSPS) is 19.4. The zero-order valence-electron chi connectivity index (χ0n) is 11.4. The van der Waals surface area contributed by atoms with E-state index < -0.39 is 0 Å². The van der Waals surface area contributed by atoms with Crippen molar-refractivity contribution in [1.29, 1.82) is 0 Å². The lowest BCUT2D eigenvalue weighted by molar-refractivity contribution is -0.107. The van der Waals surface area contributed by atoms with E-state index in [4.69, 9.17) is 4.74 Å². The Labute approximate surface area is 126 Å². The topological polar surface area (TPSA) is 44.1 Å². The van der Waals surface area contributed by atoms with Crippen LogP contribution in [0.5, 0.6) is 0 Å². The van der Waals surface area contributed by atoms with Gasteiger partial charge in [0.1, 0.15) is 6.29 Å². The van der Waals surface area contributed by atoms with E-state index >= 15 is 0 Å². The first-order valence-electron chi connectivity index (χ1n) is 6.93. The number of nitrogens with zero attached hydrogens (tertiary/aromatic N) is 2. The van der Waals surface area contributed by atoms with Crippen molar-refractivity contribution in [3.8, 4) is 0 Å². The molecule has 1 atom stereocenters. The molecule has 1 fully saturated rings. The molecule has 3 rings (SSSR count). The molecular formula is C15H17BrN2O2. The number of halogens is 1. The number of benzene rings is 1. The third kappa shape index (κ3) is 2.29. The van der Waals surface area contributed by atoms with Crippen molar-refractivity contribution in [1.82, 2.24) is 9.78 Å². The number of rotatable bonds is 3. The molecule has 4 nitrogen and oxygen atoms in total. The molecule has 1 aliphatic rings. The number of aldehydes is 1. The molecule has 1 aromatic carbocycles. The van der Waals surface area contributed by atoms with Crippen LogP contribution in [-0.2, 0) is 16.0 Å². The SMILES string of the molecule is Cc1cc2c(cnn2C2CCCCO2)c(Br)c1CC=O. The van der Waals surface area contributed by atoms with Gasteiger partial charge in [0.05, 0.1) is 11.7 Å². The van der Waals surface area contributed by atoms with Gasteiger partial charge in [-0.3, -0.25) is 0 Å². The number of hydrogen-bond acceptors (Lipinski definition) is 3. The molecule has 0 saturated carbocycles. The van der Waals surface area contributed by atoms with Crippen LogP contribution in [0.1, 0.15) is 36.6 Å². The van der Waals surface area contributed by atoms with Crippen molar-refractivity contribution >= 4 is 33.1 Å². The summed E-state index contributed by atoms with van der Waals surface area (Å²) in [7, 11) is 0. The van der Waals surface area contributed by atoms with Crippen molar-refractivity contribution in [3.05, 3.63) is 27.9 Å². The molecule has 0 radical (unpaired) electrons. The molecule has 0 N–H and O–H groups in total. The monoisotopic (exact) mass is 336 g/mol. The average molecular weight is 337 g/mol. The number of hydrogen-bond donors (Lipinski definition) is 0. The second kappa shape index (κ2) is 5.66. The second-order valence-electron chi connectivity index (χ2n) is 5.20. The first-order valence-corrected chi connectivity index (χ1v) is 7.72. The zero-order valence-corrected chi connectivity index (χ0v) is 13.0. The first kappa shape index (κ1) is 13.8. The van der Waals surface area contributed by atoms with Gasteiger partial charge in [-0.2, -0.15) is 5.10 Å². The van der Waals surface area contributed by atoms with Gasteiger partial charge in [0.15, 0.2) is 6.23 Å². The van der Waals surface area contributed by atoms with Crippen molar-refractivity contribution < 1.29 is 9.53 Å². The second-order valence-corrected chi connectivity index (χ2v) is 5.99. The molecule has 1 saturated heterocycles. The molecule has 2 heterocycles. The summed E-state index contributed by atoms with van der Waals surface area (Å²) >= 11 is 3.62. The van der Waals surface area contributed by atoms with Gasteiger partial charge in [0.25, 0.3) is 0 Å². The van der Waals surface area contributed by atoms with Gasteiger partial charge in [-0.15, -0.1) is 0 Å². The fourth-order valence-electron chi connectivity index (χ4n) is 2.79. The van der Waals surface area contributed by atoms with Crippen LogP contribution >= 0.6 is 15.9 Å². The van der Waals surface area contributed by atoms with Crippen LogP contribution in [0.25, 0.3) is 10.9 Å². The van der Waals surface area contributed by atoms with Gasteiger partial charge in [-0.25, -0.2) is 4.68 Å². The maximum absolute atomic E-state index is 10.8. The molecule has 0 spiro atoms. The third-order valence-corrected chi connectivity index (χ3v) is 4.79. The van der Waals surface area contributed by atoms with E-state index in [2.05, 4.69) is 27.1 Å². The Balaban J connectivity index is 2.10. The lowest BCUT2D eigenvalue weighted by Crippen LogP contribution is -2.19. The molecule has 0 bridgehead atoms. The maximum atomic E-state index is 10.8. The highest BCUT2D eigenvalue weighted by atomic mass is 79.9. The Morgan fingerprint density at radius 1 is 1.55 bits per heavy atom. The number of carbonyl (C=O) groups is 1. The highest BCUT2D eigenvalue weighted by Gasteiger charge is 2.20. The Hall–Kier alpha value is -1.20. The van der Waals surface area contributed by atoms with Gasteiger partial charge in [-0.05, 0) is 59.3 Å². The van der Waals surface area contributed by atoms with Gasteiger partial charge in [0, 0.05) is 22.9 Å². The summed E-state index contributed by atoms with van der Waals surface area (Å²) in [4.78, 5) is 10.8. The molecule has 1 aromatic heterocycles. The fourth-order valence-corrected chi connectivity index (χ4v) is 3.57. The summed E-state index contributed by atoms with van der Waals surface area (Å²) in [5.41, 5.74) is 3.21. The lowest BCUT2D eigenvalue weighted by atomic mass is 10.0. The summed E-state index contributed by atoms with van der Waals surface area (Å²) < 4.78 is 8.76. The van der Waals surface area contributed by atoms with Gasteiger partial charge in [-0.1, -0.05) is 0 Å². The summed E-state index contributed by atoms with van der Waals surface area (Å²) in [5, 5.41) is 5.54. The minimum atomic E-state index is 0.0319. The summed E-state index contributed by atoms with van der Waals surface area (Å²) in [6.45, 7) is 2.83. The fraction of sp³-hybridized carbons (Fsp3) is 0.467. The van der Waals surface area contributed by atoms with E-state index in [1.54, 1.807) is 0 Å². The number of fused-ring (bicyclic) bond motifs is 1. The Morgan fingerprint density at radius 2 is 2.40 bits per heavy atom. The van der Waals surface area contributed by atoms with Gasteiger partial charge < -0.3 is 9.53 Å². The van der Waals surface area contributed by atoms with Crippen molar-refractivity contribution in [2.75, 3.05) is 6.61 Å². The summed E-state index contributed by atoms with van der Waals surface area (Å²) in [5.74, 6) is 0. The van der Waals surface area contributed by atoms with Crippen LogP contribution in [0.2, 0.25) is 0 Å². The Bertz CT molecular complexity index is 645. The molecule has 0 amide bonds. The van der Waals surface area contributed by atoms with E-state index in [1.807, 2.05) is 17.8 Å². The van der Waals surface area contributed by atoms with Crippen molar-refractivity contribution in [2.24, 2.45) is 0 Å². The molecule has 5 heteroatoms. The average Bonchev–Trinajstić information content (AvgIpc) is 2.88. The van der Waals surface area contributed by atoms with Crippen LogP contribution in [-0.4, -0.2) is 22.7 Å². The minimum Gasteiger partial charge on any atom is -0.356 e. The molecule has 2 aromatic rings. The van der Waals surface area contributed by atoms with E-state index in [0.29, 0.717) is 6.42 Å². The smallest absolute Gasteiger partial charge is 0.150 e. The lowest BCUT2D eigenvalue weighted by Gasteiger charge is -2.23. The number of aromatic nitrogens is 2. The zero-order chi connectivity index (χ0) is 14.1. The first-order chi connectivity index (χ1) is 9.72. The molecule has 1 unspecified atom stereocenters. The van der Waals surface area contributed by atoms with Crippen LogP contribution in [0.4, 0.5) is 0 Å². The third-order valence-electron chi connectivity index (χ3n) is 3.88. The highest BCUT2D eigenvalue weighted by Crippen LogP contribution is 2.33. The van der Waals surface area contributed by atoms with E-state index in [-0.39, 0.29) is 6.23 Å². The van der Waals surface area contributed by atoms with Crippen molar-refractivity contribution in [2.45, 2.75) is 38.8 Å². The Kier molecular flexibility index (Phi) is 3.89. The van der Waals surface area contributed by atoms with Gasteiger partial charge in [0.2, 0.25) is 0 Å². The quantitative estimate of drug-likeness (QED) is 0.805. The predicted molar refractivity (Wildman–Crippen MR) is 80.8 cm³/mol. The molecular weight excluding hydrogens is 320 g/mol. The number of aryl methyl sites for hydroxylation is 1. The highest BCUT2D eigenvalue weighted by molar-refractivity contribution is 9.10. The minimum absolute atomic E-state index is 0.0319. The standard InChI is InChI=1S/C15H17BrN2O2/c1-10-8-13-12(15(16)11(10)5-6-19)9-17-18(13)14-4-2-3-7-20-14/h6,8-9,14H,2-5,7H2,1H3. The van der Waals surface area contributed by atoms with Crippen LogP contribution < -0.4 is 0 Å². The van der Waals surface area contributed by atoms with Crippen LogP contribution in [0.15, 0.2) is 16.7 Å². The predicted octanol–water partition coefficient (Wildman–Crippen LogP) is 3.55. The largest absolute Gasteiger partial charge is 0.356 e.